The fourth-order valence-corrected chi connectivity index (χ4v) is 9.76. The molecule has 1 amide bonds. The van der Waals surface area contributed by atoms with Crippen molar-refractivity contribution in [1.29, 1.82) is 0 Å². The molecule has 0 saturated heterocycles. The zero-order valence-corrected chi connectivity index (χ0v) is 29.4. The number of aromatic carboxylic acids is 1. The number of fused-ring (bicyclic) bond motifs is 4. The van der Waals surface area contributed by atoms with Gasteiger partial charge in [-0.2, -0.15) is 5.10 Å². The van der Waals surface area contributed by atoms with Gasteiger partial charge in [-0.3, -0.25) is 14.8 Å². The summed E-state index contributed by atoms with van der Waals surface area (Å²) in [6.07, 6.45) is 7.99. The molecule has 3 aromatic heterocycles. The molecule has 9 rings (SSSR count). The zero-order valence-electron chi connectivity index (χ0n) is 28.6. The maximum absolute atomic E-state index is 13.5. The summed E-state index contributed by atoms with van der Waals surface area (Å²) in [6, 6.07) is 17.3. The Morgan fingerprint density at radius 3 is 2.74 bits per heavy atom. The highest BCUT2D eigenvalue weighted by molar-refractivity contribution is 7.22. The van der Waals surface area contributed by atoms with Crippen LogP contribution in [0.15, 0.2) is 67.0 Å². The lowest BCUT2D eigenvalue weighted by molar-refractivity contribution is -0.143. The average molecular weight is 691 g/mol. The molecule has 10 nitrogen and oxygen atoms in total. The molecule has 2 aromatic carbocycles. The van der Waals surface area contributed by atoms with Crippen molar-refractivity contribution in [1.82, 2.24) is 19.7 Å². The zero-order chi connectivity index (χ0) is 34.6. The summed E-state index contributed by atoms with van der Waals surface area (Å²) >= 11 is 1.44. The molecule has 4 heterocycles. The van der Waals surface area contributed by atoms with Crippen LogP contribution in [0.3, 0.4) is 0 Å². The fraction of sp³-hybridized carbons (Fsp3) is 0.410. The van der Waals surface area contributed by atoms with Gasteiger partial charge in [-0.1, -0.05) is 49.4 Å². The molecule has 0 spiro atoms. The number of benzene rings is 2. The summed E-state index contributed by atoms with van der Waals surface area (Å²) in [7, 11) is 1.78. The van der Waals surface area contributed by atoms with E-state index in [-0.39, 0.29) is 11.6 Å². The van der Waals surface area contributed by atoms with Crippen molar-refractivity contribution in [3.8, 4) is 11.1 Å². The van der Waals surface area contributed by atoms with Gasteiger partial charge >= 0.3 is 5.97 Å². The number of carbonyl (C=O) groups excluding carboxylic acids is 1. The molecule has 4 atom stereocenters. The number of carbonyl (C=O) groups is 2. The summed E-state index contributed by atoms with van der Waals surface area (Å²) in [5, 5.41) is 18.5. The molecule has 2 bridgehead atoms. The Hall–Kier alpha value is -4.61. The third-order valence-electron chi connectivity index (χ3n) is 11.7. The van der Waals surface area contributed by atoms with Crippen molar-refractivity contribution in [2.75, 3.05) is 30.5 Å². The van der Waals surface area contributed by atoms with E-state index in [4.69, 9.17) is 9.84 Å². The second-order valence-electron chi connectivity index (χ2n) is 14.7. The average Bonchev–Trinajstić information content (AvgIpc) is 3.76. The van der Waals surface area contributed by atoms with Crippen molar-refractivity contribution in [2.45, 2.75) is 52.6 Å². The Bertz CT molecular complexity index is 2050. The molecule has 11 heteroatoms. The molecule has 2 N–H and O–H groups in total. The van der Waals surface area contributed by atoms with Crippen LogP contribution in [-0.4, -0.2) is 57.0 Å². The van der Waals surface area contributed by atoms with Gasteiger partial charge < -0.3 is 14.7 Å². The number of amides is 1. The molecule has 0 unspecified atom stereocenters. The molecule has 3 fully saturated rings. The van der Waals surface area contributed by atoms with Crippen molar-refractivity contribution in [3.05, 3.63) is 89.4 Å². The third kappa shape index (κ3) is 5.86. The Kier molecular flexibility index (Phi) is 8.43. The maximum atomic E-state index is 13.5. The first-order chi connectivity index (χ1) is 24.2. The number of para-hydroxylation sites is 1. The minimum absolute atomic E-state index is 0.00616. The van der Waals surface area contributed by atoms with E-state index in [1.165, 1.54) is 24.2 Å². The van der Waals surface area contributed by atoms with Crippen molar-refractivity contribution >= 4 is 44.4 Å². The highest BCUT2D eigenvalue weighted by atomic mass is 32.1. The Balaban J connectivity index is 1.00. The van der Waals surface area contributed by atoms with Gasteiger partial charge in [0.05, 0.1) is 16.4 Å². The second kappa shape index (κ2) is 12.9. The summed E-state index contributed by atoms with van der Waals surface area (Å²) in [5.74, 6) is 1.82. The number of nitrogens with one attached hydrogen (secondary N) is 1. The molecular weight excluding hydrogens is 649 g/mol. The van der Waals surface area contributed by atoms with Gasteiger partial charge in [0.1, 0.15) is 5.82 Å². The van der Waals surface area contributed by atoms with E-state index >= 15 is 0 Å². The van der Waals surface area contributed by atoms with Crippen molar-refractivity contribution in [3.63, 3.8) is 0 Å². The molecule has 3 saturated carbocycles. The summed E-state index contributed by atoms with van der Waals surface area (Å²) < 4.78 is 8.48. The topological polar surface area (TPSA) is 122 Å². The lowest BCUT2D eigenvalue weighted by Gasteiger charge is -2.63. The first-order valence-electron chi connectivity index (χ1n) is 17.5. The van der Waals surface area contributed by atoms with Crippen molar-refractivity contribution in [2.24, 2.45) is 29.1 Å². The number of thiazole rings is 1. The predicted octanol–water partition coefficient (Wildman–Crippen LogP) is 7.40. The second-order valence-corrected chi connectivity index (χ2v) is 15.7. The molecule has 0 radical (unpaired) electrons. The largest absolute Gasteiger partial charge is 0.476 e. The number of nitrogens with zero attached hydrogens (tertiary/aromatic N) is 5. The molecule has 3 aliphatic carbocycles. The maximum Gasteiger partial charge on any atom is 0.355 e. The smallest absolute Gasteiger partial charge is 0.355 e. The Labute approximate surface area is 295 Å². The van der Waals surface area contributed by atoms with Gasteiger partial charge in [0, 0.05) is 56.2 Å². The number of hydrogen-bond acceptors (Lipinski definition) is 8. The van der Waals surface area contributed by atoms with Gasteiger partial charge in [-0.05, 0) is 96.2 Å². The fourth-order valence-electron chi connectivity index (χ4n) is 8.90. The van der Waals surface area contributed by atoms with Crippen LogP contribution < -0.4 is 10.2 Å². The number of anilines is 2. The monoisotopic (exact) mass is 690 g/mol. The number of hydrogen-bond donors (Lipinski definition) is 2. The Morgan fingerprint density at radius 1 is 1.08 bits per heavy atom. The summed E-state index contributed by atoms with van der Waals surface area (Å²) in [4.78, 5) is 37.4. The van der Waals surface area contributed by atoms with Crippen LogP contribution in [0.2, 0.25) is 0 Å². The third-order valence-corrected chi connectivity index (χ3v) is 12.7. The summed E-state index contributed by atoms with van der Waals surface area (Å²) in [6.45, 7) is 7.51. The van der Waals surface area contributed by atoms with Gasteiger partial charge in [0.25, 0.3) is 5.91 Å². The van der Waals surface area contributed by atoms with E-state index in [9.17, 15) is 14.7 Å². The number of aromatic nitrogens is 4. The van der Waals surface area contributed by atoms with E-state index in [2.05, 4.69) is 35.2 Å². The molecule has 50 heavy (non-hydrogen) atoms. The van der Waals surface area contributed by atoms with E-state index < -0.39 is 5.97 Å². The minimum Gasteiger partial charge on any atom is -0.476 e. The van der Waals surface area contributed by atoms with Crippen LogP contribution in [0.1, 0.15) is 65.1 Å². The molecule has 5 aromatic rings. The normalized spacial score (nSPS) is 22.2. The van der Waals surface area contributed by atoms with E-state index in [0.717, 1.165) is 52.4 Å². The quantitative estimate of drug-likeness (QED) is 0.156. The standard InChI is InChI=1S/C39H42N6O4S/c1-39(2)26-17-24(27(14-16-49-3)31(39)18-26)20-45-21-25(19-40-45)28-11-12-34(42-35(28)37(47)48)44-15-13-23-7-6-8-29(30(23)22-44)36(46)43-38-41-32-9-4-5-10-33(32)50-38/h4-12,19,21,24,26-27,31H,13-18,20,22H2,1-3H3,(H,47,48)(H,41,43,46)/t24-,26+,27-,31+/m0/s1. The van der Waals surface area contributed by atoms with E-state index in [0.29, 0.717) is 64.8 Å². The van der Waals surface area contributed by atoms with E-state index in [1.807, 2.05) is 64.3 Å². The van der Waals surface area contributed by atoms with Crippen molar-refractivity contribution < 1.29 is 19.4 Å². The van der Waals surface area contributed by atoms with Crippen LogP contribution >= 0.6 is 11.3 Å². The number of rotatable bonds is 10. The van der Waals surface area contributed by atoms with Crippen LogP contribution in [-0.2, 0) is 24.2 Å². The number of carboxylic acids is 1. The number of methoxy groups -OCH3 is 1. The number of ether oxygens (including phenoxy) is 1. The lowest BCUT2D eigenvalue weighted by Crippen LogP contribution is -2.56. The van der Waals surface area contributed by atoms with Gasteiger partial charge in [0.15, 0.2) is 10.8 Å². The predicted molar refractivity (Wildman–Crippen MR) is 195 cm³/mol. The number of carboxylic acid groups (broad SMARTS) is 1. The first-order valence-corrected chi connectivity index (χ1v) is 18.3. The van der Waals surface area contributed by atoms with Crippen LogP contribution in [0.4, 0.5) is 10.9 Å². The molecule has 4 aliphatic rings. The van der Waals surface area contributed by atoms with E-state index in [1.54, 1.807) is 13.3 Å². The minimum atomic E-state index is -1.09. The van der Waals surface area contributed by atoms with Crippen LogP contribution in [0, 0.1) is 29.1 Å². The van der Waals surface area contributed by atoms with Gasteiger partial charge in [-0.25, -0.2) is 14.8 Å². The Morgan fingerprint density at radius 2 is 1.94 bits per heavy atom. The summed E-state index contributed by atoms with van der Waals surface area (Å²) in [5.41, 5.74) is 5.11. The van der Waals surface area contributed by atoms with Gasteiger partial charge in [0.2, 0.25) is 0 Å². The highest BCUT2D eigenvalue weighted by Gasteiger charge is 2.57. The van der Waals surface area contributed by atoms with Crippen LogP contribution in [0.5, 0.6) is 0 Å². The lowest BCUT2D eigenvalue weighted by atomic mass is 9.43. The van der Waals surface area contributed by atoms with Gasteiger partial charge in [-0.15, -0.1) is 0 Å². The molecule has 1 aliphatic heterocycles. The highest BCUT2D eigenvalue weighted by Crippen LogP contribution is 2.64. The molecular formula is C39H42N6O4S. The molecule has 258 valence electrons. The number of pyridine rings is 1. The first kappa shape index (κ1) is 32.6. The van der Waals surface area contributed by atoms with Crippen LogP contribution in [0.25, 0.3) is 21.3 Å². The SMILES string of the molecule is COCC[C@H]1[C@H](Cn2cc(-c3ccc(N4CCc5cccc(C(=O)Nc6nc7ccccc7s6)c5C4)nc3C(=O)O)cn2)C[C@@H]2C[C@H]1C2(C)C.